The van der Waals surface area contributed by atoms with Gasteiger partial charge < -0.3 is 14.7 Å². The SMILES string of the molecule is CC(C)Oc1ccc(C(=O)N2CCN(C[C@@H](O)C3CC3)CC2)cc1. The number of hydrogen-bond donors (Lipinski definition) is 1. The van der Waals surface area contributed by atoms with Gasteiger partial charge in [0.2, 0.25) is 0 Å². The Bertz CT molecular complexity index is 546. The van der Waals surface area contributed by atoms with Crippen LogP contribution in [0, 0.1) is 5.92 Å². The van der Waals surface area contributed by atoms with Gasteiger partial charge in [-0.1, -0.05) is 0 Å². The maximum absolute atomic E-state index is 12.6. The van der Waals surface area contributed by atoms with Crippen LogP contribution >= 0.6 is 0 Å². The minimum Gasteiger partial charge on any atom is -0.491 e. The summed E-state index contributed by atoms with van der Waals surface area (Å²) in [4.78, 5) is 16.8. The van der Waals surface area contributed by atoms with Crippen LogP contribution in [0.3, 0.4) is 0 Å². The number of carbonyl (C=O) groups is 1. The van der Waals surface area contributed by atoms with E-state index in [2.05, 4.69) is 4.90 Å². The maximum atomic E-state index is 12.6. The van der Waals surface area contributed by atoms with E-state index < -0.39 is 0 Å². The van der Waals surface area contributed by atoms with Gasteiger partial charge in [0.1, 0.15) is 5.75 Å². The standard InChI is InChI=1S/C19H28N2O3/c1-14(2)24-17-7-5-16(6-8-17)19(23)21-11-9-20(10-12-21)13-18(22)15-3-4-15/h5-8,14-15,18,22H,3-4,9-13H2,1-2H3/t18-/m1/s1. The number of nitrogens with zero attached hydrogens (tertiary/aromatic N) is 2. The van der Waals surface area contributed by atoms with E-state index in [0.29, 0.717) is 11.5 Å². The first-order chi connectivity index (χ1) is 11.5. The van der Waals surface area contributed by atoms with Crippen molar-refractivity contribution in [3.63, 3.8) is 0 Å². The summed E-state index contributed by atoms with van der Waals surface area (Å²) in [6.07, 6.45) is 2.26. The van der Waals surface area contributed by atoms with Crippen LogP contribution in [0.4, 0.5) is 0 Å². The van der Waals surface area contributed by atoms with E-state index in [9.17, 15) is 9.90 Å². The number of amides is 1. The van der Waals surface area contributed by atoms with E-state index in [1.54, 1.807) is 0 Å². The Labute approximate surface area is 144 Å². The summed E-state index contributed by atoms with van der Waals surface area (Å²) in [5.41, 5.74) is 0.706. The third-order valence-corrected chi connectivity index (χ3v) is 4.74. The highest BCUT2D eigenvalue weighted by Gasteiger charge is 2.32. The van der Waals surface area contributed by atoms with Gasteiger partial charge in [0.05, 0.1) is 12.2 Å². The number of piperazine rings is 1. The van der Waals surface area contributed by atoms with Crippen molar-refractivity contribution in [1.82, 2.24) is 9.80 Å². The first-order valence-electron chi connectivity index (χ1n) is 8.99. The molecule has 1 aliphatic heterocycles. The van der Waals surface area contributed by atoms with Gasteiger partial charge in [0, 0.05) is 38.3 Å². The van der Waals surface area contributed by atoms with Gasteiger partial charge in [0.15, 0.2) is 0 Å². The number of hydrogen-bond acceptors (Lipinski definition) is 4. The smallest absolute Gasteiger partial charge is 0.253 e. The zero-order chi connectivity index (χ0) is 17.1. The fourth-order valence-corrected chi connectivity index (χ4v) is 3.16. The summed E-state index contributed by atoms with van der Waals surface area (Å²) < 4.78 is 5.61. The Kier molecular flexibility index (Phi) is 5.41. The summed E-state index contributed by atoms with van der Waals surface area (Å²) in [5, 5.41) is 10.0. The lowest BCUT2D eigenvalue weighted by atomic mass is 10.1. The fraction of sp³-hybridized carbons (Fsp3) is 0.632. The molecule has 1 saturated carbocycles. The van der Waals surface area contributed by atoms with Crippen LogP contribution < -0.4 is 4.74 Å². The van der Waals surface area contributed by atoms with Crippen LogP contribution in [0.15, 0.2) is 24.3 Å². The molecule has 0 radical (unpaired) electrons. The largest absolute Gasteiger partial charge is 0.491 e. The van der Waals surface area contributed by atoms with Gasteiger partial charge in [-0.2, -0.15) is 0 Å². The van der Waals surface area contributed by atoms with E-state index in [1.165, 1.54) is 0 Å². The van der Waals surface area contributed by atoms with Crippen molar-refractivity contribution in [1.29, 1.82) is 0 Å². The molecule has 132 valence electrons. The highest BCUT2D eigenvalue weighted by atomic mass is 16.5. The molecule has 1 N–H and O–H groups in total. The molecule has 2 aliphatic rings. The Hall–Kier alpha value is -1.59. The molecule has 0 aromatic heterocycles. The highest BCUT2D eigenvalue weighted by molar-refractivity contribution is 5.94. The Balaban J connectivity index is 1.49. The number of benzene rings is 1. The van der Waals surface area contributed by atoms with E-state index >= 15 is 0 Å². The highest BCUT2D eigenvalue weighted by Crippen LogP contribution is 2.32. The molecular formula is C19H28N2O3. The first kappa shape index (κ1) is 17.2. The molecule has 5 heteroatoms. The van der Waals surface area contributed by atoms with Gasteiger partial charge >= 0.3 is 0 Å². The topological polar surface area (TPSA) is 53.0 Å². The Morgan fingerprint density at radius 1 is 1.17 bits per heavy atom. The fourth-order valence-electron chi connectivity index (χ4n) is 3.16. The number of β-amino-alcohol motifs (C(OH)–C–C–N with tert-alkyl or cyclic N) is 1. The third-order valence-electron chi connectivity index (χ3n) is 4.74. The molecule has 3 rings (SSSR count). The summed E-state index contributed by atoms with van der Waals surface area (Å²) >= 11 is 0. The zero-order valence-corrected chi connectivity index (χ0v) is 14.6. The molecule has 1 aliphatic carbocycles. The van der Waals surface area contributed by atoms with Crippen LogP contribution in [0.2, 0.25) is 0 Å². The Morgan fingerprint density at radius 3 is 2.33 bits per heavy atom. The average Bonchev–Trinajstić information content (AvgIpc) is 3.40. The maximum Gasteiger partial charge on any atom is 0.253 e. The van der Waals surface area contributed by atoms with Crippen molar-refractivity contribution < 1.29 is 14.6 Å². The van der Waals surface area contributed by atoms with Crippen molar-refractivity contribution in [2.75, 3.05) is 32.7 Å². The number of carbonyl (C=O) groups excluding carboxylic acids is 1. The average molecular weight is 332 g/mol. The van der Waals surface area contributed by atoms with Crippen LogP contribution in [0.5, 0.6) is 5.75 Å². The molecule has 5 nitrogen and oxygen atoms in total. The van der Waals surface area contributed by atoms with Crippen molar-refractivity contribution >= 4 is 5.91 Å². The quantitative estimate of drug-likeness (QED) is 0.866. The minimum atomic E-state index is -0.194. The van der Waals surface area contributed by atoms with Gasteiger partial charge in [-0.25, -0.2) is 0 Å². The third kappa shape index (κ3) is 4.48. The van der Waals surface area contributed by atoms with Gasteiger partial charge in [-0.15, -0.1) is 0 Å². The molecular weight excluding hydrogens is 304 g/mol. The van der Waals surface area contributed by atoms with E-state index in [4.69, 9.17) is 4.74 Å². The molecule has 0 unspecified atom stereocenters. The first-order valence-corrected chi connectivity index (χ1v) is 8.99. The Morgan fingerprint density at radius 2 is 1.79 bits per heavy atom. The van der Waals surface area contributed by atoms with Crippen molar-refractivity contribution in [2.45, 2.75) is 38.9 Å². The molecule has 1 aromatic carbocycles. The van der Waals surface area contributed by atoms with Gasteiger partial charge in [-0.05, 0) is 56.9 Å². The molecule has 0 bridgehead atoms. The molecule has 2 fully saturated rings. The van der Waals surface area contributed by atoms with Crippen LogP contribution in [-0.2, 0) is 0 Å². The van der Waals surface area contributed by atoms with E-state index in [-0.39, 0.29) is 18.1 Å². The summed E-state index contributed by atoms with van der Waals surface area (Å²) in [5.74, 6) is 1.38. The lowest BCUT2D eigenvalue weighted by molar-refractivity contribution is 0.0488. The predicted octanol–water partition coefficient (Wildman–Crippen LogP) is 2.00. The molecule has 0 spiro atoms. The van der Waals surface area contributed by atoms with Crippen LogP contribution in [-0.4, -0.2) is 65.7 Å². The summed E-state index contributed by atoms with van der Waals surface area (Å²) in [6, 6.07) is 7.39. The lowest BCUT2D eigenvalue weighted by Gasteiger charge is -2.35. The lowest BCUT2D eigenvalue weighted by Crippen LogP contribution is -2.50. The second-order valence-electron chi connectivity index (χ2n) is 7.19. The second-order valence-corrected chi connectivity index (χ2v) is 7.19. The molecule has 1 heterocycles. The van der Waals surface area contributed by atoms with Crippen molar-refractivity contribution in [3.05, 3.63) is 29.8 Å². The molecule has 1 amide bonds. The number of rotatable bonds is 6. The zero-order valence-electron chi connectivity index (χ0n) is 14.6. The molecule has 1 saturated heterocycles. The summed E-state index contributed by atoms with van der Waals surface area (Å²) in [6.45, 7) is 7.83. The monoisotopic (exact) mass is 332 g/mol. The van der Waals surface area contributed by atoms with Crippen LogP contribution in [0.1, 0.15) is 37.0 Å². The normalized spacial score (nSPS) is 20.2. The van der Waals surface area contributed by atoms with Gasteiger partial charge in [-0.3, -0.25) is 9.69 Å². The van der Waals surface area contributed by atoms with Crippen molar-refractivity contribution in [2.24, 2.45) is 5.92 Å². The van der Waals surface area contributed by atoms with E-state index in [1.807, 2.05) is 43.0 Å². The van der Waals surface area contributed by atoms with Crippen molar-refractivity contribution in [3.8, 4) is 5.75 Å². The number of aliphatic hydroxyl groups excluding tert-OH is 1. The van der Waals surface area contributed by atoms with E-state index in [0.717, 1.165) is 51.3 Å². The second kappa shape index (κ2) is 7.53. The number of aliphatic hydroxyl groups is 1. The minimum absolute atomic E-state index is 0.0773. The molecule has 24 heavy (non-hydrogen) atoms. The molecule has 1 atom stereocenters. The summed E-state index contributed by atoms with van der Waals surface area (Å²) in [7, 11) is 0. The number of ether oxygens (including phenoxy) is 1. The van der Waals surface area contributed by atoms with Crippen LogP contribution in [0.25, 0.3) is 0 Å². The predicted molar refractivity (Wildman–Crippen MR) is 93.3 cm³/mol. The molecule has 1 aromatic rings. The van der Waals surface area contributed by atoms with Gasteiger partial charge in [0.25, 0.3) is 5.91 Å².